The highest BCUT2D eigenvalue weighted by Crippen LogP contribution is 2.31. The van der Waals surface area contributed by atoms with Crippen LogP contribution in [0.2, 0.25) is 0 Å². The molecule has 2 heteroatoms. The average molecular weight is 126 g/mol. The number of hydrogen-bond donors (Lipinski definition) is 2. The van der Waals surface area contributed by atoms with Crippen molar-refractivity contribution in [2.45, 2.75) is 18.9 Å². The Hall–Kier alpha value is -0.0800. The van der Waals surface area contributed by atoms with Crippen molar-refractivity contribution in [1.29, 1.82) is 0 Å². The van der Waals surface area contributed by atoms with E-state index in [-0.39, 0.29) is 0 Å². The molecule has 1 aliphatic carbocycles. The molecule has 2 unspecified atom stereocenters. The molecule has 9 heavy (non-hydrogen) atoms. The van der Waals surface area contributed by atoms with Gasteiger partial charge in [0.25, 0.3) is 0 Å². The molecule has 0 aromatic rings. The fraction of sp³-hybridized carbons (Fsp3) is 1.00. The molecule has 3 N–H and O–H groups in total. The maximum absolute atomic E-state index is 5.94. The summed E-state index contributed by atoms with van der Waals surface area (Å²) in [5.74, 6) is 1.59. The maximum Gasteiger partial charge on any atom is 0.0120 e. The Bertz CT molecular complexity index is 97.5. The summed E-state index contributed by atoms with van der Waals surface area (Å²) in [6.07, 6.45) is 2.72. The fourth-order valence-electron chi connectivity index (χ4n) is 2.13. The van der Waals surface area contributed by atoms with E-state index in [4.69, 9.17) is 5.73 Å². The van der Waals surface area contributed by atoms with Gasteiger partial charge in [-0.2, -0.15) is 0 Å². The molecule has 0 radical (unpaired) electrons. The molecule has 2 bridgehead atoms. The molecule has 2 atom stereocenters. The van der Waals surface area contributed by atoms with Gasteiger partial charge in [-0.3, -0.25) is 0 Å². The lowest BCUT2D eigenvalue weighted by molar-refractivity contribution is 0.323. The van der Waals surface area contributed by atoms with Crippen LogP contribution in [0.25, 0.3) is 0 Å². The van der Waals surface area contributed by atoms with E-state index in [0.717, 1.165) is 24.9 Å². The van der Waals surface area contributed by atoms with Crippen molar-refractivity contribution in [1.82, 2.24) is 5.32 Å². The minimum absolute atomic E-state index is 0.520. The topological polar surface area (TPSA) is 38.0 Å². The van der Waals surface area contributed by atoms with Crippen LogP contribution in [0.4, 0.5) is 0 Å². The first-order valence-corrected chi connectivity index (χ1v) is 3.84. The molecule has 1 saturated carbocycles. The number of nitrogens with one attached hydrogen (secondary N) is 1. The Morgan fingerprint density at radius 2 is 1.67 bits per heavy atom. The van der Waals surface area contributed by atoms with Crippen molar-refractivity contribution >= 4 is 0 Å². The van der Waals surface area contributed by atoms with Gasteiger partial charge in [-0.25, -0.2) is 0 Å². The minimum atomic E-state index is 0.520. The van der Waals surface area contributed by atoms with Gasteiger partial charge >= 0.3 is 0 Å². The monoisotopic (exact) mass is 126 g/mol. The summed E-state index contributed by atoms with van der Waals surface area (Å²) >= 11 is 0. The second-order valence-corrected chi connectivity index (χ2v) is 3.33. The van der Waals surface area contributed by atoms with Crippen LogP contribution in [0, 0.1) is 11.8 Å². The molecule has 52 valence electrons. The summed E-state index contributed by atoms with van der Waals surface area (Å²) in [5, 5.41) is 3.40. The zero-order valence-corrected chi connectivity index (χ0v) is 5.64. The molecule has 0 amide bonds. The first-order valence-electron chi connectivity index (χ1n) is 3.84. The summed E-state index contributed by atoms with van der Waals surface area (Å²) < 4.78 is 0. The Kier molecular flexibility index (Phi) is 1.24. The molecule has 1 heterocycles. The van der Waals surface area contributed by atoms with Crippen LogP contribution in [0.15, 0.2) is 0 Å². The summed E-state index contributed by atoms with van der Waals surface area (Å²) in [5.41, 5.74) is 5.94. The van der Waals surface area contributed by atoms with Crippen LogP contribution >= 0.6 is 0 Å². The first kappa shape index (κ1) is 5.69. The van der Waals surface area contributed by atoms with E-state index in [0.29, 0.717) is 6.04 Å². The third-order valence-corrected chi connectivity index (χ3v) is 2.81. The van der Waals surface area contributed by atoms with Gasteiger partial charge in [0.15, 0.2) is 0 Å². The van der Waals surface area contributed by atoms with Crippen molar-refractivity contribution < 1.29 is 0 Å². The highest BCUT2D eigenvalue weighted by atomic mass is 14.9. The van der Waals surface area contributed by atoms with Crippen LogP contribution in [-0.4, -0.2) is 19.1 Å². The van der Waals surface area contributed by atoms with Gasteiger partial charge in [0.05, 0.1) is 0 Å². The summed E-state index contributed by atoms with van der Waals surface area (Å²) in [6.45, 7) is 2.33. The summed E-state index contributed by atoms with van der Waals surface area (Å²) in [6, 6.07) is 0.520. The molecule has 2 nitrogen and oxygen atoms in total. The van der Waals surface area contributed by atoms with E-state index < -0.39 is 0 Å². The smallest absolute Gasteiger partial charge is 0.0120 e. The molecular formula is C7H14N2. The van der Waals surface area contributed by atoms with Crippen LogP contribution in [0.5, 0.6) is 0 Å². The fourth-order valence-corrected chi connectivity index (χ4v) is 2.13. The van der Waals surface area contributed by atoms with Crippen molar-refractivity contribution in [3.63, 3.8) is 0 Å². The van der Waals surface area contributed by atoms with Gasteiger partial charge in [0.2, 0.25) is 0 Å². The van der Waals surface area contributed by atoms with Crippen molar-refractivity contribution in [3.05, 3.63) is 0 Å². The van der Waals surface area contributed by atoms with E-state index >= 15 is 0 Å². The van der Waals surface area contributed by atoms with Gasteiger partial charge < -0.3 is 11.1 Å². The maximum atomic E-state index is 5.94. The number of rotatable bonds is 0. The van der Waals surface area contributed by atoms with Crippen molar-refractivity contribution in [2.75, 3.05) is 13.1 Å². The molecule has 0 aromatic carbocycles. The minimum Gasteiger partial charge on any atom is -0.327 e. The largest absolute Gasteiger partial charge is 0.327 e. The lowest BCUT2D eigenvalue weighted by atomic mass is 9.95. The molecule has 1 saturated heterocycles. The second-order valence-electron chi connectivity index (χ2n) is 3.33. The van der Waals surface area contributed by atoms with E-state index in [1.807, 2.05) is 0 Å². The quantitative estimate of drug-likeness (QED) is 0.477. The normalized spacial score (nSPS) is 49.7. The van der Waals surface area contributed by atoms with Gasteiger partial charge in [0, 0.05) is 6.04 Å². The third kappa shape index (κ3) is 0.775. The Morgan fingerprint density at radius 1 is 1.11 bits per heavy atom. The standard InChI is InChI=1S/C7H14N2/c8-7-5-1-2-6(7)4-9-3-5/h5-7,9H,1-4,8H2. The Morgan fingerprint density at radius 3 is 2.11 bits per heavy atom. The molecule has 2 rings (SSSR count). The van der Waals surface area contributed by atoms with Gasteiger partial charge in [0.1, 0.15) is 0 Å². The first-order chi connectivity index (χ1) is 4.38. The van der Waals surface area contributed by atoms with Gasteiger partial charge in [-0.1, -0.05) is 0 Å². The van der Waals surface area contributed by atoms with Crippen LogP contribution in [-0.2, 0) is 0 Å². The van der Waals surface area contributed by atoms with Crippen LogP contribution in [0.1, 0.15) is 12.8 Å². The number of hydrogen-bond acceptors (Lipinski definition) is 2. The molecule has 0 spiro atoms. The Labute approximate surface area is 55.8 Å². The molecule has 2 fully saturated rings. The van der Waals surface area contributed by atoms with Crippen molar-refractivity contribution in [3.8, 4) is 0 Å². The van der Waals surface area contributed by atoms with Crippen LogP contribution in [0.3, 0.4) is 0 Å². The van der Waals surface area contributed by atoms with Crippen molar-refractivity contribution in [2.24, 2.45) is 17.6 Å². The van der Waals surface area contributed by atoms with E-state index in [1.54, 1.807) is 0 Å². The number of nitrogens with two attached hydrogens (primary N) is 1. The molecule has 1 aliphatic heterocycles. The zero-order chi connectivity index (χ0) is 6.27. The molecule has 2 aliphatic rings. The van der Waals surface area contributed by atoms with E-state index in [9.17, 15) is 0 Å². The zero-order valence-electron chi connectivity index (χ0n) is 5.64. The van der Waals surface area contributed by atoms with Gasteiger partial charge in [-0.15, -0.1) is 0 Å². The molecular weight excluding hydrogens is 112 g/mol. The average Bonchev–Trinajstić information content (AvgIpc) is 2.19. The van der Waals surface area contributed by atoms with E-state index in [2.05, 4.69) is 5.32 Å². The predicted octanol–water partition coefficient (Wildman–Crippen LogP) is -0.0569. The summed E-state index contributed by atoms with van der Waals surface area (Å²) in [4.78, 5) is 0. The molecule has 0 aromatic heterocycles. The second kappa shape index (κ2) is 1.96. The highest BCUT2D eigenvalue weighted by Gasteiger charge is 2.35. The third-order valence-electron chi connectivity index (χ3n) is 2.81. The number of piperidine rings is 1. The highest BCUT2D eigenvalue weighted by molar-refractivity contribution is 4.93. The van der Waals surface area contributed by atoms with Gasteiger partial charge in [-0.05, 0) is 37.8 Å². The van der Waals surface area contributed by atoms with E-state index in [1.165, 1.54) is 12.8 Å². The predicted molar refractivity (Wildman–Crippen MR) is 37.1 cm³/mol. The SMILES string of the molecule is NC1C2CCC1CNC2. The lowest BCUT2D eigenvalue weighted by Gasteiger charge is -2.26. The van der Waals surface area contributed by atoms with Crippen LogP contribution < -0.4 is 11.1 Å². The summed E-state index contributed by atoms with van der Waals surface area (Å²) in [7, 11) is 0. The number of fused-ring (bicyclic) bond motifs is 2. The Balaban J connectivity index is 2.10. The lowest BCUT2D eigenvalue weighted by Crippen LogP contribution is -2.46.